The van der Waals surface area contributed by atoms with Crippen LogP contribution in [0, 0.1) is 0 Å². The van der Waals surface area contributed by atoms with E-state index in [4.69, 9.17) is 0 Å². The molecule has 0 saturated carbocycles. The summed E-state index contributed by atoms with van der Waals surface area (Å²) in [7, 11) is 0. The molecule has 0 rings (SSSR count). The van der Waals surface area contributed by atoms with E-state index >= 15 is 0 Å². The van der Waals surface area contributed by atoms with Crippen LogP contribution in [0.3, 0.4) is 0 Å². The fourth-order valence-corrected chi connectivity index (χ4v) is 2.45. The van der Waals surface area contributed by atoms with Crippen LogP contribution in [0.1, 0.15) is 39.5 Å². The van der Waals surface area contributed by atoms with Crippen LogP contribution in [-0.2, 0) is 22.2 Å². The highest BCUT2D eigenvalue weighted by molar-refractivity contribution is 7.80. The summed E-state index contributed by atoms with van der Waals surface area (Å²) in [5, 5.41) is -0.819. The van der Waals surface area contributed by atoms with Gasteiger partial charge in [-0.1, -0.05) is 36.0 Å². The molecule has 0 heterocycles. The maximum Gasteiger partial charge on any atom is 0.0213 e. The molecule has 0 radical (unpaired) electrons. The molecule has 0 aromatic rings. The summed E-state index contributed by atoms with van der Waals surface area (Å²) in [4.78, 5) is 0. The molecule has 86 valence electrons. The first-order valence-electron chi connectivity index (χ1n) is 4.69. The van der Waals surface area contributed by atoms with Crippen molar-refractivity contribution in [1.82, 2.24) is 0 Å². The third kappa shape index (κ3) is 5.19. The molecule has 0 aliphatic heterocycles. The molecule has 0 saturated heterocycles. The van der Waals surface area contributed by atoms with Crippen LogP contribution in [-0.4, -0.2) is 28.0 Å². The largest absolute Gasteiger partial charge is 0.772 e. The number of hydrogen-bond acceptors (Lipinski definition) is 4. The zero-order valence-corrected chi connectivity index (χ0v) is 10.1. The molecule has 0 bridgehead atoms. The van der Waals surface area contributed by atoms with E-state index in [-0.39, 0.29) is 0 Å². The van der Waals surface area contributed by atoms with E-state index in [9.17, 15) is 17.5 Å². The Balaban J connectivity index is 4.00. The molecular formula is C8H16O4S2-2. The quantitative estimate of drug-likeness (QED) is 0.624. The lowest BCUT2D eigenvalue weighted by Gasteiger charge is -2.22. The molecule has 0 spiro atoms. The maximum atomic E-state index is 10.6. The lowest BCUT2D eigenvalue weighted by atomic mass is 10.1. The first kappa shape index (κ1) is 14.2. The van der Waals surface area contributed by atoms with Gasteiger partial charge in [-0.25, -0.2) is 0 Å². The fraction of sp³-hybridized carbons (Fsp3) is 1.00. The second-order valence-electron chi connectivity index (χ2n) is 3.16. The van der Waals surface area contributed by atoms with Crippen molar-refractivity contribution in [1.29, 1.82) is 0 Å². The third-order valence-electron chi connectivity index (χ3n) is 2.27. The summed E-state index contributed by atoms with van der Waals surface area (Å²) >= 11 is -4.17. The Labute approximate surface area is 90.0 Å². The highest BCUT2D eigenvalue weighted by Crippen LogP contribution is 2.14. The van der Waals surface area contributed by atoms with Gasteiger partial charge in [-0.3, -0.25) is 8.42 Å². The molecule has 4 nitrogen and oxygen atoms in total. The van der Waals surface area contributed by atoms with Crippen molar-refractivity contribution < 1.29 is 17.5 Å². The van der Waals surface area contributed by atoms with E-state index in [0.29, 0.717) is 25.7 Å². The van der Waals surface area contributed by atoms with Gasteiger partial charge in [0.1, 0.15) is 0 Å². The summed E-state index contributed by atoms with van der Waals surface area (Å²) in [6.07, 6.45) is 1.94. The Kier molecular flexibility index (Phi) is 7.62. The first-order chi connectivity index (χ1) is 6.52. The van der Waals surface area contributed by atoms with E-state index < -0.39 is 32.7 Å². The Morgan fingerprint density at radius 3 is 1.36 bits per heavy atom. The van der Waals surface area contributed by atoms with Crippen LogP contribution in [0.25, 0.3) is 0 Å². The van der Waals surface area contributed by atoms with Gasteiger partial charge in [0.25, 0.3) is 0 Å². The van der Waals surface area contributed by atoms with Crippen molar-refractivity contribution in [2.24, 2.45) is 0 Å². The molecule has 0 amide bonds. The van der Waals surface area contributed by atoms with Crippen molar-refractivity contribution in [2.75, 3.05) is 0 Å². The van der Waals surface area contributed by atoms with E-state index in [1.54, 1.807) is 13.8 Å². The van der Waals surface area contributed by atoms with Gasteiger partial charge >= 0.3 is 0 Å². The minimum Gasteiger partial charge on any atom is -0.772 e. The van der Waals surface area contributed by atoms with Crippen molar-refractivity contribution in [2.45, 2.75) is 50.0 Å². The Morgan fingerprint density at radius 2 is 1.21 bits per heavy atom. The molecule has 0 aliphatic carbocycles. The number of rotatable bonds is 7. The molecule has 14 heavy (non-hydrogen) atoms. The molecule has 4 atom stereocenters. The first-order valence-corrected chi connectivity index (χ1v) is 6.96. The minimum atomic E-state index is -2.09. The van der Waals surface area contributed by atoms with Gasteiger partial charge in [0.2, 0.25) is 0 Å². The molecule has 0 fully saturated rings. The summed E-state index contributed by atoms with van der Waals surface area (Å²) in [6.45, 7) is 3.57. The lowest BCUT2D eigenvalue weighted by Crippen LogP contribution is -2.19. The topological polar surface area (TPSA) is 80.3 Å². The summed E-state index contributed by atoms with van der Waals surface area (Å²) < 4.78 is 42.6. The van der Waals surface area contributed by atoms with Gasteiger partial charge in [0.05, 0.1) is 0 Å². The van der Waals surface area contributed by atoms with E-state index in [2.05, 4.69) is 0 Å². The molecule has 0 aromatic heterocycles. The van der Waals surface area contributed by atoms with Gasteiger partial charge < -0.3 is 9.11 Å². The number of hydrogen-bond donors (Lipinski definition) is 0. The predicted octanol–water partition coefficient (Wildman–Crippen LogP) is 1.08. The fourth-order valence-electron chi connectivity index (χ4n) is 1.24. The molecule has 0 aliphatic rings. The van der Waals surface area contributed by atoms with Gasteiger partial charge in [-0.05, 0) is 25.7 Å². The molecule has 6 heteroatoms. The standard InChI is InChI=1S/C8H18O4S2/c1-3-7(13(9)10)5-6-8(4-2)14(11)12/h7-8H,3-6H2,1-2H3,(H,9,10)(H,11,12)/p-2. The van der Waals surface area contributed by atoms with Crippen molar-refractivity contribution in [3.63, 3.8) is 0 Å². The molecule has 0 N–H and O–H groups in total. The van der Waals surface area contributed by atoms with E-state index in [1.165, 1.54) is 0 Å². The van der Waals surface area contributed by atoms with Crippen LogP contribution >= 0.6 is 0 Å². The van der Waals surface area contributed by atoms with Gasteiger partial charge in [-0.2, -0.15) is 0 Å². The van der Waals surface area contributed by atoms with Crippen molar-refractivity contribution in [3.8, 4) is 0 Å². The molecule has 0 aromatic carbocycles. The Hall–Kier alpha value is 0.220. The summed E-state index contributed by atoms with van der Waals surface area (Å²) in [5.74, 6) is 0. The van der Waals surface area contributed by atoms with Crippen LogP contribution in [0.5, 0.6) is 0 Å². The summed E-state index contributed by atoms with van der Waals surface area (Å²) in [5.41, 5.74) is 0. The predicted molar refractivity (Wildman–Crippen MR) is 55.2 cm³/mol. The summed E-state index contributed by atoms with van der Waals surface area (Å²) in [6, 6.07) is 0. The molecular weight excluding hydrogens is 224 g/mol. The third-order valence-corrected chi connectivity index (χ3v) is 4.49. The maximum absolute atomic E-state index is 10.6. The highest BCUT2D eigenvalue weighted by Gasteiger charge is 2.12. The minimum absolute atomic E-state index is 0.410. The second-order valence-corrected chi connectivity index (χ2v) is 5.53. The monoisotopic (exact) mass is 240 g/mol. The smallest absolute Gasteiger partial charge is 0.0213 e. The lowest BCUT2D eigenvalue weighted by molar-refractivity contribution is 0.489. The van der Waals surface area contributed by atoms with Gasteiger partial charge in [0.15, 0.2) is 0 Å². The Bertz CT molecular complexity index is 186. The zero-order valence-electron chi connectivity index (χ0n) is 8.43. The van der Waals surface area contributed by atoms with Crippen LogP contribution in [0.4, 0.5) is 0 Å². The van der Waals surface area contributed by atoms with Gasteiger partial charge in [0, 0.05) is 10.5 Å². The van der Waals surface area contributed by atoms with E-state index in [0.717, 1.165) is 0 Å². The normalized spacial score (nSPS) is 20.0. The SMILES string of the molecule is CCC(CCC(CC)S(=O)[O-])S(=O)[O-]. The Morgan fingerprint density at radius 1 is 0.929 bits per heavy atom. The van der Waals surface area contributed by atoms with Crippen LogP contribution in [0.2, 0.25) is 0 Å². The average Bonchev–Trinajstić information content (AvgIpc) is 2.11. The average molecular weight is 240 g/mol. The molecule has 4 unspecified atom stereocenters. The highest BCUT2D eigenvalue weighted by atomic mass is 32.2. The zero-order chi connectivity index (χ0) is 11.1. The van der Waals surface area contributed by atoms with Crippen LogP contribution < -0.4 is 0 Å². The second kappa shape index (κ2) is 7.50. The van der Waals surface area contributed by atoms with Gasteiger partial charge in [-0.15, -0.1) is 0 Å². The van der Waals surface area contributed by atoms with E-state index in [1.807, 2.05) is 0 Å². The van der Waals surface area contributed by atoms with Crippen LogP contribution in [0.15, 0.2) is 0 Å². The van der Waals surface area contributed by atoms with Crippen molar-refractivity contribution >= 4 is 22.2 Å². The van der Waals surface area contributed by atoms with Crippen molar-refractivity contribution in [3.05, 3.63) is 0 Å².